The molecule has 1 heterocycles. The molecule has 0 aromatic carbocycles. The zero-order chi connectivity index (χ0) is 15.6. The fourth-order valence-corrected chi connectivity index (χ4v) is 3.28. The van der Waals surface area contributed by atoms with Crippen LogP contribution in [0.25, 0.3) is 0 Å². The van der Waals surface area contributed by atoms with Gasteiger partial charge in [-0.2, -0.15) is 0 Å². The average molecular weight is 305 g/mol. The van der Waals surface area contributed by atoms with Crippen molar-refractivity contribution in [1.82, 2.24) is 9.62 Å². The van der Waals surface area contributed by atoms with Crippen LogP contribution in [0.5, 0.6) is 0 Å². The molecule has 1 saturated heterocycles. The van der Waals surface area contributed by atoms with Gasteiger partial charge in [-0.15, -0.1) is 0 Å². The normalized spacial score (nSPS) is 20.6. The zero-order valence-corrected chi connectivity index (χ0v) is 13.7. The van der Waals surface area contributed by atoms with E-state index in [-0.39, 0.29) is 23.1 Å². The SMILES string of the molecule is CCS(=O)(=O)N1CCC(NC(=O)[C@H](N)C(C)(C)C)CC1. The molecule has 0 aromatic heterocycles. The van der Waals surface area contributed by atoms with Gasteiger partial charge in [-0.1, -0.05) is 20.8 Å². The molecule has 0 aromatic rings. The molecule has 1 rings (SSSR count). The quantitative estimate of drug-likeness (QED) is 0.781. The Kier molecular flexibility index (Phi) is 5.57. The highest BCUT2D eigenvalue weighted by atomic mass is 32.2. The molecule has 1 aliphatic rings. The minimum absolute atomic E-state index is 0.0132. The van der Waals surface area contributed by atoms with E-state index in [9.17, 15) is 13.2 Å². The van der Waals surface area contributed by atoms with Gasteiger partial charge in [0.15, 0.2) is 0 Å². The van der Waals surface area contributed by atoms with Crippen molar-refractivity contribution in [2.45, 2.75) is 52.6 Å². The van der Waals surface area contributed by atoms with E-state index in [0.717, 1.165) is 0 Å². The second-order valence-electron chi connectivity index (χ2n) is 6.43. The summed E-state index contributed by atoms with van der Waals surface area (Å²) in [4.78, 5) is 12.0. The number of nitrogens with zero attached hydrogens (tertiary/aromatic N) is 1. The molecular weight excluding hydrogens is 278 g/mol. The third-order valence-electron chi connectivity index (χ3n) is 3.77. The first-order chi connectivity index (χ1) is 9.08. The van der Waals surface area contributed by atoms with Crippen molar-refractivity contribution in [3.8, 4) is 0 Å². The van der Waals surface area contributed by atoms with Crippen LogP contribution in [0.2, 0.25) is 0 Å². The first-order valence-corrected chi connectivity index (χ1v) is 8.72. The lowest BCUT2D eigenvalue weighted by Crippen LogP contribution is -2.54. The van der Waals surface area contributed by atoms with Gasteiger partial charge in [-0.05, 0) is 25.2 Å². The van der Waals surface area contributed by atoms with E-state index in [1.54, 1.807) is 6.92 Å². The summed E-state index contributed by atoms with van der Waals surface area (Å²) >= 11 is 0. The molecule has 3 N–H and O–H groups in total. The summed E-state index contributed by atoms with van der Waals surface area (Å²) in [6.07, 6.45) is 1.28. The highest BCUT2D eigenvalue weighted by Gasteiger charge is 2.31. The summed E-state index contributed by atoms with van der Waals surface area (Å²) in [5.74, 6) is -0.0341. The molecule has 0 unspecified atom stereocenters. The summed E-state index contributed by atoms with van der Waals surface area (Å²) in [5.41, 5.74) is 5.63. The predicted molar refractivity (Wildman–Crippen MR) is 79.6 cm³/mol. The summed E-state index contributed by atoms with van der Waals surface area (Å²) in [7, 11) is -3.12. The molecule has 118 valence electrons. The third kappa shape index (κ3) is 4.43. The van der Waals surface area contributed by atoms with Crippen LogP contribution in [0.1, 0.15) is 40.5 Å². The molecule has 6 nitrogen and oxygen atoms in total. The number of carbonyl (C=O) groups excluding carboxylic acids is 1. The van der Waals surface area contributed by atoms with Crippen LogP contribution in [0.3, 0.4) is 0 Å². The molecule has 20 heavy (non-hydrogen) atoms. The Morgan fingerprint density at radius 2 is 1.85 bits per heavy atom. The monoisotopic (exact) mass is 305 g/mol. The molecule has 0 spiro atoms. The van der Waals surface area contributed by atoms with Gasteiger partial charge >= 0.3 is 0 Å². The van der Waals surface area contributed by atoms with Gasteiger partial charge in [0.25, 0.3) is 0 Å². The van der Waals surface area contributed by atoms with E-state index in [4.69, 9.17) is 5.73 Å². The number of sulfonamides is 1. The van der Waals surface area contributed by atoms with Crippen molar-refractivity contribution in [3.63, 3.8) is 0 Å². The lowest BCUT2D eigenvalue weighted by atomic mass is 9.86. The summed E-state index contributed by atoms with van der Waals surface area (Å²) in [6.45, 7) is 8.35. The van der Waals surface area contributed by atoms with E-state index < -0.39 is 16.1 Å². The van der Waals surface area contributed by atoms with Gasteiger partial charge in [-0.3, -0.25) is 4.79 Å². The van der Waals surface area contributed by atoms with E-state index in [1.165, 1.54) is 4.31 Å². The van der Waals surface area contributed by atoms with Crippen LogP contribution in [0, 0.1) is 5.41 Å². The van der Waals surface area contributed by atoms with Crippen LogP contribution in [0.4, 0.5) is 0 Å². The van der Waals surface area contributed by atoms with E-state index in [0.29, 0.717) is 25.9 Å². The minimum Gasteiger partial charge on any atom is -0.352 e. The van der Waals surface area contributed by atoms with Crippen molar-refractivity contribution < 1.29 is 13.2 Å². The number of amides is 1. The number of hydrogen-bond donors (Lipinski definition) is 2. The van der Waals surface area contributed by atoms with Crippen LogP contribution < -0.4 is 11.1 Å². The number of nitrogens with two attached hydrogens (primary N) is 1. The van der Waals surface area contributed by atoms with Gasteiger partial charge in [-0.25, -0.2) is 12.7 Å². The summed E-state index contributed by atoms with van der Waals surface area (Å²) in [6, 6.07) is -0.542. The lowest BCUT2D eigenvalue weighted by Gasteiger charge is -2.33. The van der Waals surface area contributed by atoms with Crippen molar-refractivity contribution in [2.24, 2.45) is 11.1 Å². The summed E-state index contributed by atoms with van der Waals surface area (Å²) in [5, 5.41) is 2.93. The maximum Gasteiger partial charge on any atom is 0.237 e. The number of carbonyl (C=O) groups is 1. The molecule has 1 atom stereocenters. The Morgan fingerprint density at radius 1 is 1.35 bits per heavy atom. The molecule has 1 fully saturated rings. The first-order valence-electron chi connectivity index (χ1n) is 7.11. The van der Waals surface area contributed by atoms with Gasteiger partial charge in [0, 0.05) is 19.1 Å². The van der Waals surface area contributed by atoms with Crippen LogP contribution >= 0.6 is 0 Å². The minimum atomic E-state index is -3.12. The van der Waals surface area contributed by atoms with Crippen molar-refractivity contribution >= 4 is 15.9 Å². The van der Waals surface area contributed by atoms with Crippen molar-refractivity contribution in [1.29, 1.82) is 0 Å². The second kappa shape index (κ2) is 6.41. The fourth-order valence-electron chi connectivity index (χ4n) is 2.15. The van der Waals surface area contributed by atoms with E-state index >= 15 is 0 Å². The summed E-state index contributed by atoms with van der Waals surface area (Å²) < 4.78 is 25.0. The number of nitrogens with one attached hydrogen (secondary N) is 1. The van der Waals surface area contributed by atoms with E-state index in [2.05, 4.69) is 5.32 Å². The predicted octanol–water partition coefficient (Wildman–Crippen LogP) is 0.290. The van der Waals surface area contributed by atoms with Crippen LogP contribution in [-0.4, -0.2) is 49.6 Å². The van der Waals surface area contributed by atoms with Crippen LogP contribution in [-0.2, 0) is 14.8 Å². The first kappa shape index (κ1) is 17.4. The molecule has 0 aliphatic carbocycles. The molecule has 7 heteroatoms. The Labute approximate surface area is 122 Å². The number of hydrogen-bond acceptors (Lipinski definition) is 4. The van der Waals surface area contributed by atoms with Crippen molar-refractivity contribution in [3.05, 3.63) is 0 Å². The molecule has 0 radical (unpaired) electrons. The zero-order valence-electron chi connectivity index (χ0n) is 12.8. The maximum atomic E-state index is 12.0. The Balaban J connectivity index is 2.50. The number of rotatable bonds is 4. The second-order valence-corrected chi connectivity index (χ2v) is 8.68. The van der Waals surface area contributed by atoms with Crippen LogP contribution in [0.15, 0.2) is 0 Å². The molecular formula is C13H27N3O3S. The lowest BCUT2D eigenvalue weighted by molar-refractivity contribution is -0.125. The van der Waals surface area contributed by atoms with Gasteiger partial charge in [0.1, 0.15) is 0 Å². The highest BCUT2D eigenvalue weighted by Crippen LogP contribution is 2.19. The van der Waals surface area contributed by atoms with Gasteiger partial charge in [0.05, 0.1) is 11.8 Å². The molecule has 1 aliphatic heterocycles. The Morgan fingerprint density at radius 3 is 2.25 bits per heavy atom. The molecule has 0 saturated carbocycles. The maximum absolute atomic E-state index is 12.0. The smallest absolute Gasteiger partial charge is 0.237 e. The van der Waals surface area contributed by atoms with Gasteiger partial charge in [0.2, 0.25) is 15.9 Å². The topological polar surface area (TPSA) is 92.5 Å². The molecule has 1 amide bonds. The van der Waals surface area contributed by atoms with E-state index in [1.807, 2.05) is 20.8 Å². The number of piperidine rings is 1. The highest BCUT2D eigenvalue weighted by molar-refractivity contribution is 7.89. The Bertz CT molecular complexity index is 434. The fraction of sp³-hybridized carbons (Fsp3) is 0.923. The van der Waals surface area contributed by atoms with Crippen molar-refractivity contribution in [2.75, 3.05) is 18.8 Å². The van der Waals surface area contributed by atoms with Gasteiger partial charge < -0.3 is 11.1 Å². The molecule has 0 bridgehead atoms. The largest absolute Gasteiger partial charge is 0.352 e. The average Bonchev–Trinajstić information content (AvgIpc) is 2.37. The Hall–Kier alpha value is -0.660. The standard InChI is InChI=1S/C13H27N3O3S/c1-5-20(18,19)16-8-6-10(7-9-16)15-12(17)11(14)13(2,3)4/h10-11H,5-9,14H2,1-4H3,(H,15,17)/t11-/m0/s1. The third-order valence-corrected chi connectivity index (χ3v) is 5.66.